The van der Waals surface area contributed by atoms with Crippen LogP contribution in [0.1, 0.15) is 22.6 Å². The third kappa shape index (κ3) is 3.74. The molecule has 0 radical (unpaired) electrons. The van der Waals surface area contributed by atoms with Gasteiger partial charge in [0.25, 0.3) is 0 Å². The van der Waals surface area contributed by atoms with Crippen molar-refractivity contribution in [3.8, 4) is 11.4 Å². The minimum Gasteiger partial charge on any atom is -0.369 e. The van der Waals surface area contributed by atoms with Gasteiger partial charge in [0.1, 0.15) is 0 Å². The number of anilines is 1. The van der Waals surface area contributed by atoms with Crippen molar-refractivity contribution in [1.29, 1.82) is 0 Å². The van der Waals surface area contributed by atoms with Gasteiger partial charge in [0.15, 0.2) is 0 Å². The summed E-state index contributed by atoms with van der Waals surface area (Å²) in [5.74, 6) is 1.37. The Kier molecular flexibility index (Phi) is 4.94. The molecule has 1 saturated heterocycles. The molecule has 1 aromatic heterocycles. The molecule has 0 aliphatic carbocycles. The molecular weight excluding hydrogens is 336 g/mol. The van der Waals surface area contributed by atoms with Crippen LogP contribution in [0.2, 0.25) is 0 Å². The van der Waals surface area contributed by atoms with E-state index in [0.717, 1.165) is 37.3 Å². The Morgan fingerprint density at radius 2 is 1.63 bits per heavy atom. The van der Waals surface area contributed by atoms with Gasteiger partial charge in [-0.2, -0.15) is 4.98 Å². The molecule has 0 saturated carbocycles. The van der Waals surface area contributed by atoms with Gasteiger partial charge in [-0.25, -0.2) is 0 Å². The van der Waals surface area contributed by atoms with Gasteiger partial charge in [-0.3, -0.25) is 4.90 Å². The highest BCUT2D eigenvalue weighted by Gasteiger charge is 2.21. The van der Waals surface area contributed by atoms with Crippen LogP contribution in [-0.4, -0.2) is 41.2 Å². The number of aryl methyl sites for hydroxylation is 2. The molecule has 4 rings (SSSR count). The van der Waals surface area contributed by atoms with E-state index in [-0.39, 0.29) is 0 Å². The summed E-state index contributed by atoms with van der Waals surface area (Å²) in [6.45, 7) is 11.2. The molecule has 3 aromatic rings. The minimum absolute atomic E-state index is 0.678. The van der Waals surface area contributed by atoms with E-state index in [1.165, 1.54) is 16.8 Å². The van der Waals surface area contributed by atoms with Crippen molar-refractivity contribution in [2.45, 2.75) is 27.3 Å². The van der Waals surface area contributed by atoms with Gasteiger partial charge in [-0.05, 0) is 43.5 Å². The van der Waals surface area contributed by atoms with Gasteiger partial charge >= 0.3 is 0 Å². The molecule has 1 aliphatic rings. The van der Waals surface area contributed by atoms with Gasteiger partial charge in [-0.1, -0.05) is 41.6 Å². The predicted octanol–water partition coefficient (Wildman–Crippen LogP) is 3.98. The molecule has 27 heavy (non-hydrogen) atoms. The van der Waals surface area contributed by atoms with E-state index >= 15 is 0 Å². The van der Waals surface area contributed by atoms with Crippen molar-refractivity contribution in [2.75, 3.05) is 31.1 Å². The summed E-state index contributed by atoms with van der Waals surface area (Å²) < 4.78 is 5.51. The maximum Gasteiger partial charge on any atom is 0.241 e. The third-order valence-electron chi connectivity index (χ3n) is 5.50. The second-order valence-electron chi connectivity index (χ2n) is 7.31. The van der Waals surface area contributed by atoms with Crippen LogP contribution < -0.4 is 4.90 Å². The Hall–Kier alpha value is -2.66. The highest BCUT2D eigenvalue weighted by atomic mass is 16.5. The fourth-order valence-corrected chi connectivity index (χ4v) is 3.67. The summed E-state index contributed by atoms with van der Waals surface area (Å²) in [5.41, 5.74) is 6.28. The largest absolute Gasteiger partial charge is 0.369 e. The summed E-state index contributed by atoms with van der Waals surface area (Å²) in [7, 11) is 0. The second kappa shape index (κ2) is 7.53. The van der Waals surface area contributed by atoms with Crippen molar-refractivity contribution in [3.63, 3.8) is 0 Å². The van der Waals surface area contributed by atoms with Crippen molar-refractivity contribution in [1.82, 2.24) is 15.0 Å². The molecule has 140 valence electrons. The topological polar surface area (TPSA) is 45.4 Å². The normalized spacial score (nSPS) is 15.3. The van der Waals surface area contributed by atoms with Gasteiger partial charge in [-0.15, -0.1) is 0 Å². The molecule has 1 fully saturated rings. The number of hydrogen-bond acceptors (Lipinski definition) is 5. The smallest absolute Gasteiger partial charge is 0.241 e. The molecule has 0 bridgehead atoms. The first-order valence-corrected chi connectivity index (χ1v) is 9.54. The van der Waals surface area contributed by atoms with Gasteiger partial charge in [0.05, 0.1) is 6.54 Å². The lowest BCUT2D eigenvalue weighted by Crippen LogP contribution is -2.46. The molecule has 2 heterocycles. The van der Waals surface area contributed by atoms with Gasteiger partial charge in [0.2, 0.25) is 11.7 Å². The van der Waals surface area contributed by atoms with Crippen molar-refractivity contribution in [3.05, 3.63) is 65.0 Å². The molecule has 0 amide bonds. The van der Waals surface area contributed by atoms with E-state index < -0.39 is 0 Å². The lowest BCUT2D eigenvalue weighted by atomic mass is 10.1. The fourth-order valence-electron chi connectivity index (χ4n) is 3.67. The van der Waals surface area contributed by atoms with Crippen molar-refractivity contribution >= 4 is 5.69 Å². The molecular formula is C22H26N4O. The average Bonchev–Trinajstić information content (AvgIpc) is 3.13. The van der Waals surface area contributed by atoms with E-state index in [1.807, 2.05) is 18.2 Å². The van der Waals surface area contributed by atoms with E-state index in [4.69, 9.17) is 4.52 Å². The van der Waals surface area contributed by atoms with Crippen LogP contribution in [-0.2, 0) is 6.54 Å². The Labute approximate surface area is 160 Å². The van der Waals surface area contributed by atoms with E-state index in [1.54, 1.807) is 0 Å². The quantitative estimate of drug-likeness (QED) is 0.702. The zero-order chi connectivity index (χ0) is 18.8. The monoisotopic (exact) mass is 362 g/mol. The van der Waals surface area contributed by atoms with Crippen LogP contribution in [0.3, 0.4) is 0 Å². The number of benzene rings is 2. The Morgan fingerprint density at radius 3 is 2.41 bits per heavy atom. The first kappa shape index (κ1) is 17.7. The highest BCUT2D eigenvalue weighted by Crippen LogP contribution is 2.24. The lowest BCUT2D eigenvalue weighted by Gasteiger charge is -2.36. The summed E-state index contributed by atoms with van der Waals surface area (Å²) in [5, 5.41) is 4.17. The standard InChI is InChI=1S/C22H26N4O/c1-16-8-6-10-20(18(16)3)26-13-11-25(12-14-26)15-21-23-22(24-27-21)19-9-5-4-7-17(19)2/h4-10H,11-15H2,1-3H3. The lowest BCUT2D eigenvalue weighted by molar-refractivity contribution is 0.215. The molecule has 0 spiro atoms. The minimum atomic E-state index is 0.678. The van der Waals surface area contributed by atoms with E-state index in [9.17, 15) is 0 Å². The fraction of sp³-hybridized carbons (Fsp3) is 0.364. The van der Waals surface area contributed by atoms with Crippen LogP contribution in [0, 0.1) is 20.8 Å². The molecule has 5 heteroatoms. The van der Waals surface area contributed by atoms with Crippen LogP contribution in [0.5, 0.6) is 0 Å². The van der Waals surface area contributed by atoms with Crippen LogP contribution >= 0.6 is 0 Å². The maximum absolute atomic E-state index is 5.51. The van der Waals surface area contributed by atoms with E-state index in [2.05, 4.69) is 65.0 Å². The number of nitrogens with zero attached hydrogens (tertiary/aromatic N) is 4. The summed E-state index contributed by atoms with van der Waals surface area (Å²) in [4.78, 5) is 9.47. The third-order valence-corrected chi connectivity index (χ3v) is 5.50. The molecule has 0 N–H and O–H groups in total. The molecule has 1 aliphatic heterocycles. The Morgan fingerprint density at radius 1 is 0.889 bits per heavy atom. The SMILES string of the molecule is Cc1ccccc1-c1noc(CN2CCN(c3cccc(C)c3C)CC2)n1. The van der Waals surface area contributed by atoms with Gasteiger partial charge in [0, 0.05) is 37.4 Å². The van der Waals surface area contributed by atoms with Crippen molar-refractivity contribution in [2.24, 2.45) is 0 Å². The number of piperazine rings is 1. The molecule has 2 aromatic carbocycles. The zero-order valence-corrected chi connectivity index (χ0v) is 16.3. The Bertz CT molecular complexity index is 926. The summed E-state index contributed by atoms with van der Waals surface area (Å²) >= 11 is 0. The predicted molar refractivity (Wildman–Crippen MR) is 108 cm³/mol. The molecule has 5 nitrogen and oxygen atoms in total. The van der Waals surface area contributed by atoms with Crippen LogP contribution in [0.4, 0.5) is 5.69 Å². The zero-order valence-electron chi connectivity index (χ0n) is 16.3. The number of hydrogen-bond donors (Lipinski definition) is 0. The second-order valence-corrected chi connectivity index (χ2v) is 7.31. The number of rotatable bonds is 4. The average molecular weight is 362 g/mol. The van der Waals surface area contributed by atoms with Crippen molar-refractivity contribution < 1.29 is 4.52 Å². The summed E-state index contributed by atoms with van der Waals surface area (Å²) in [6.07, 6.45) is 0. The summed E-state index contributed by atoms with van der Waals surface area (Å²) in [6, 6.07) is 14.7. The van der Waals surface area contributed by atoms with Gasteiger partial charge < -0.3 is 9.42 Å². The Balaban J connectivity index is 1.39. The maximum atomic E-state index is 5.51. The highest BCUT2D eigenvalue weighted by molar-refractivity contribution is 5.59. The first-order valence-electron chi connectivity index (χ1n) is 9.54. The first-order chi connectivity index (χ1) is 13.1. The van der Waals surface area contributed by atoms with Crippen LogP contribution in [0.25, 0.3) is 11.4 Å². The molecule has 0 unspecified atom stereocenters. The number of aromatic nitrogens is 2. The molecule has 0 atom stereocenters. The van der Waals surface area contributed by atoms with Crippen LogP contribution in [0.15, 0.2) is 47.0 Å². The van der Waals surface area contributed by atoms with E-state index in [0.29, 0.717) is 18.3 Å².